The Balaban J connectivity index is 2.71. The Labute approximate surface area is 150 Å². The summed E-state index contributed by atoms with van der Waals surface area (Å²) in [7, 11) is 0. The number of carbonyl (C=O) groups is 1. The summed E-state index contributed by atoms with van der Waals surface area (Å²) < 4.78 is 5.09. The molecule has 5 heteroatoms. The van der Waals surface area contributed by atoms with Gasteiger partial charge in [-0.25, -0.2) is 9.78 Å². The van der Waals surface area contributed by atoms with Crippen molar-refractivity contribution in [2.45, 2.75) is 77.7 Å². The van der Waals surface area contributed by atoms with Crippen LogP contribution in [0.25, 0.3) is 6.08 Å². The molecule has 0 atom stereocenters. The van der Waals surface area contributed by atoms with Gasteiger partial charge in [0.2, 0.25) is 0 Å². The molecule has 24 heavy (non-hydrogen) atoms. The maximum Gasteiger partial charge on any atom is 0.330 e. The number of unbranched alkanes of at least 4 members (excludes halogenated alkanes) is 3. The highest BCUT2D eigenvalue weighted by atomic mass is 32.1. The van der Waals surface area contributed by atoms with Crippen LogP contribution in [0, 0.1) is 0 Å². The molecule has 0 bridgehead atoms. The Kier molecular flexibility index (Phi) is 9.88. The minimum absolute atomic E-state index is 0.328. The zero-order valence-corrected chi connectivity index (χ0v) is 16.0. The Morgan fingerprint density at radius 2 is 1.83 bits per heavy atom. The first-order valence-corrected chi connectivity index (χ1v) is 9.90. The van der Waals surface area contributed by atoms with Gasteiger partial charge in [-0.05, 0) is 25.3 Å². The number of ether oxygens (including phenoxy) is 1. The lowest BCUT2D eigenvalue weighted by atomic mass is 9.91. The van der Waals surface area contributed by atoms with E-state index in [-0.39, 0.29) is 5.97 Å². The molecule has 0 aromatic carbocycles. The highest BCUT2D eigenvalue weighted by Gasteiger charge is 2.31. The molecule has 0 saturated carbocycles. The molecule has 0 amide bonds. The number of rotatable bonds is 12. The van der Waals surface area contributed by atoms with Crippen molar-refractivity contribution in [1.82, 2.24) is 4.98 Å². The minimum Gasteiger partial charge on any atom is -0.463 e. The predicted molar refractivity (Wildman–Crippen MR) is 100.0 cm³/mol. The SMILES string of the molecule is CCCCOC(=O)/C=C/c1cnc(C(O)(CCCC)CCCC)s1. The quantitative estimate of drug-likeness (QED) is 0.324. The number of esters is 1. The summed E-state index contributed by atoms with van der Waals surface area (Å²) in [6.07, 6.45) is 12.3. The molecule has 0 radical (unpaired) electrons. The van der Waals surface area contributed by atoms with E-state index in [0.29, 0.717) is 6.61 Å². The van der Waals surface area contributed by atoms with Gasteiger partial charge >= 0.3 is 5.97 Å². The lowest BCUT2D eigenvalue weighted by Crippen LogP contribution is -2.25. The molecular formula is C19H31NO3S. The normalized spacial score (nSPS) is 12.0. The van der Waals surface area contributed by atoms with Gasteiger partial charge in [-0.15, -0.1) is 11.3 Å². The molecule has 136 valence electrons. The standard InChI is InChI=1S/C19H31NO3S/c1-4-7-12-19(22,13-8-5-2)18-20-15-16(24-18)10-11-17(21)23-14-9-6-3/h10-11,15,22H,4-9,12-14H2,1-3H3/b11-10+. The molecule has 0 spiro atoms. The van der Waals surface area contributed by atoms with E-state index >= 15 is 0 Å². The molecule has 0 aliphatic heterocycles. The second kappa shape index (κ2) is 11.4. The molecule has 0 fully saturated rings. The van der Waals surface area contributed by atoms with E-state index in [1.54, 1.807) is 12.3 Å². The van der Waals surface area contributed by atoms with Crippen molar-refractivity contribution < 1.29 is 14.6 Å². The Morgan fingerprint density at radius 1 is 1.21 bits per heavy atom. The molecule has 1 heterocycles. The van der Waals surface area contributed by atoms with Gasteiger partial charge in [0.1, 0.15) is 10.6 Å². The number of aliphatic hydroxyl groups is 1. The Bertz CT molecular complexity index is 502. The monoisotopic (exact) mass is 353 g/mol. The highest BCUT2D eigenvalue weighted by molar-refractivity contribution is 7.12. The van der Waals surface area contributed by atoms with E-state index in [0.717, 1.165) is 61.3 Å². The molecule has 1 aromatic heterocycles. The molecular weight excluding hydrogens is 322 g/mol. The van der Waals surface area contributed by atoms with Gasteiger partial charge in [0, 0.05) is 17.2 Å². The molecule has 0 aliphatic rings. The fraction of sp³-hybridized carbons (Fsp3) is 0.684. The van der Waals surface area contributed by atoms with Gasteiger partial charge in [-0.3, -0.25) is 0 Å². The van der Waals surface area contributed by atoms with Crippen molar-refractivity contribution >= 4 is 23.4 Å². The van der Waals surface area contributed by atoms with Gasteiger partial charge in [0.15, 0.2) is 0 Å². The van der Waals surface area contributed by atoms with Crippen molar-refractivity contribution in [3.05, 3.63) is 22.2 Å². The van der Waals surface area contributed by atoms with E-state index in [1.165, 1.54) is 17.4 Å². The van der Waals surface area contributed by atoms with E-state index in [2.05, 4.69) is 25.8 Å². The highest BCUT2D eigenvalue weighted by Crippen LogP contribution is 2.35. The largest absolute Gasteiger partial charge is 0.463 e. The number of thiazole rings is 1. The number of aromatic nitrogens is 1. The van der Waals surface area contributed by atoms with Crippen molar-refractivity contribution in [1.29, 1.82) is 0 Å². The van der Waals surface area contributed by atoms with E-state index < -0.39 is 5.60 Å². The van der Waals surface area contributed by atoms with Crippen LogP contribution < -0.4 is 0 Å². The maximum absolute atomic E-state index is 11.6. The zero-order chi connectivity index (χ0) is 17.8. The summed E-state index contributed by atoms with van der Waals surface area (Å²) in [6, 6.07) is 0. The van der Waals surface area contributed by atoms with E-state index in [4.69, 9.17) is 4.74 Å². The van der Waals surface area contributed by atoms with Gasteiger partial charge in [0.05, 0.1) is 6.61 Å². The lowest BCUT2D eigenvalue weighted by molar-refractivity contribution is -0.137. The average molecular weight is 354 g/mol. The van der Waals surface area contributed by atoms with Gasteiger partial charge < -0.3 is 9.84 Å². The smallest absolute Gasteiger partial charge is 0.330 e. The van der Waals surface area contributed by atoms with Crippen LogP contribution in [0.4, 0.5) is 0 Å². The second-order valence-corrected chi connectivity index (χ2v) is 7.22. The van der Waals surface area contributed by atoms with Crippen LogP contribution >= 0.6 is 11.3 Å². The zero-order valence-electron chi connectivity index (χ0n) is 15.2. The third kappa shape index (κ3) is 7.14. The summed E-state index contributed by atoms with van der Waals surface area (Å²) in [5, 5.41) is 11.8. The fourth-order valence-electron chi connectivity index (χ4n) is 2.37. The second-order valence-electron chi connectivity index (χ2n) is 6.16. The predicted octanol–water partition coefficient (Wildman–Crippen LogP) is 5.07. The minimum atomic E-state index is -0.843. The van der Waals surface area contributed by atoms with Crippen LogP contribution in [-0.4, -0.2) is 22.7 Å². The topological polar surface area (TPSA) is 59.4 Å². The van der Waals surface area contributed by atoms with Crippen molar-refractivity contribution in [3.8, 4) is 0 Å². The number of hydrogen-bond acceptors (Lipinski definition) is 5. The third-order valence-electron chi connectivity index (χ3n) is 3.94. The first-order chi connectivity index (χ1) is 11.6. The summed E-state index contributed by atoms with van der Waals surface area (Å²) in [6.45, 7) is 6.77. The summed E-state index contributed by atoms with van der Waals surface area (Å²) in [4.78, 5) is 16.9. The van der Waals surface area contributed by atoms with Crippen molar-refractivity contribution in [3.63, 3.8) is 0 Å². The van der Waals surface area contributed by atoms with E-state index in [9.17, 15) is 9.90 Å². The molecule has 1 rings (SSSR count). The fourth-order valence-corrected chi connectivity index (χ4v) is 3.34. The van der Waals surface area contributed by atoms with Crippen molar-refractivity contribution in [2.75, 3.05) is 6.61 Å². The van der Waals surface area contributed by atoms with Crippen LogP contribution in [0.3, 0.4) is 0 Å². The van der Waals surface area contributed by atoms with Crippen LogP contribution in [0.2, 0.25) is 0 Å². The van der Waals surface area contributed by atoms with Crippen LogP contribution in [0.15, 0.2) is 12.3 Å². The van der Waals surface area contributed by atoms with Gasteiger partial charge in [0.25, 0.3) is 0 Å². The van der Waals surface area contributed by atoms with Gasteiger partial charge in [-0.1, -0.05) is 52.9 Å². The third-order valence-corrected chi connectivity index (χ3v) is 5.09. The molecule has 0 unspecified atom stereocenters. The molecule has 1 aromatic rings. The maximum atomic E-state index is 11.6. The molecule has 4 nitrogen and oxygen atoms in total. The van der Waals surface area contributed by atoms with Crippen LogP contribution in [0.5, 0.6) is 0 Å². The molecule has 0 aliphatic carbocycles. The van der Waals surface area contributed by atoms with Gasteiger partial charge in [-0.2, -0.15) is 0 Å². The first-order valence-electron chi connectivity index (χ1n) is 9.09. The molecule has 0 saturated heterocycles. The Morgan fingerprint density at radius 3 is 2.42 bits per heavy atom. The number of carbonyl (C=O) groups excluding carboxylic acids is 1. The summed E-state index contributed by atoms with van der Waals surface area (Å²) in [5.41, 5.74) is -0.843. The molecule has 1 N–H and O–H groups in total. The number of hydrogen-bond donors (Lipinski definition) is 1. The first kappa shape index (κ1) is 20.8. The summed E-state index contributed by atoms with van der Waals surface area (Å²) in [5.74, 6) is -0.328. The average Bonchev–Trinajstić information content (AvgIpc) is 3.06. The summed E-state index contributed by atoms with van der Waals surface area (Å²) >= 11 is 1.46. The van der Waals surface area contributed by atoms with Crippen LogP contribution in [0.1, 0.15) is 82.0 Å². The van der Waals surface area contributed by atoms with E-state index in [1.807, 2.05) is 0 Å². The number of nitrogens with zero attached hydrogens (tertiary/aromatic N) is 1. The van der Waals surface area contributed by atoms with Crippen molar-refractivity contribution in [2.24, 2.45) is 0 Å². The lowest BCUT2D eigenvalue weighted by Gasteiger charge is -2.25. The Hall–Kier alpha value is -1.20. The van der Waals surface area contributed by atoms with Crippen LogP contribution in [-0.2, 0) is 15.1 Å².